The standard InChI is InChI=1S/C29H32ClN3O2S/c30-24-3-1-4-25(21-24)32-18-16-31(17-19-32)22-23-6-8-26(9-7-23)35-27-12-14-33(15-13-27)29(34)11-10-28-5-2-20-36-28/h1-11,20-21,27H,12-19,22H2/b11-10+. The molecule has 2 saturated heterocycles. The Kier molecular flexibility index (Phi) is 8.26. The molecule has 0 saturated carbocycles. The summed E-state index contributed by atoms with van der Waals surface area (Å²) >= 11 is 7.79. The van der Waals surface area contributed by atoms with Crippen LogP contribution in [0.3, 0.4) is 0 Å². The topological polar surface area (TPSA) is 36.0 Å². The quantitative estimate of drug-likeness (QED) is 0.368. The highest BCUT2D eigenvalue weighted by atomic mass is 35.5. The molecule has 0 N–H and O–H groups in total. The third-order valence-corrected chi connectivity index (χ3v) is 7.94. The number of benzene rings is 2. The summed E-state index contributed by atoms with van der Waals surface area (Å²) in [6.45, 7) is 6.49. The minimum Gasteiger partial charge on any atom is -0.490 e. The van der Waals surface area contributed by atoms with Gasteiger partial charge in [-0.25, -0.2) is 0 Å². The molecular formula is C29H32ClN3O2S. The number of carbonyl (C=O) groups excluding carboxylic acids is 1. The normalized spacial score (nSPS) is 17.6. The number of hydrogen-bond donors (Lipinski definition) is 0. The summed E-state index contributed by atoms with van der Waals surface area (Å²) in [5.74, 6) is 0.992. The summed E-state index contributed by atoms with van der Waals surface area (Å²) in [6.07, 6.45) is 5.45. The van der Waals surface area contributed by atoms with Crippen molar-refractivity contribution in [3.63, 3.8) is 0 Å². The summed E-state index contributed by atoms with van der Waals surface area (Å²) < 4.78 is 6.23. The van der Waals surface area contributed by atoms with Gasteiger partial charge in [0.25, 0.3) is 0 Å². The maximum absolute atomic E-state index is 12.5. The van der Waals surface area contributed by atoms with Crippen LogP contribution >= 0.6 is 22.9 Å². The van der Waals surface area contributed by atoms with Crippen molar-refractivity contribution in [1.29, 1.82) is 0 Å². The average Bonchev–Trinajstić information content (AvgIpc) is 3.43. The number of piperidine rings is 1. The second-order valence-corrected chi connectivity index (χ2v) is 10.8. The molecule has 5 rings (SSSR count). The highest BCUT2D eigenvalue weighted by Gasteiger charge is 2.23. The van der Waals surface area contributed by atoms with E-state index in [1.165, 1.54) is 11.3 Å². The van der Waals surface area contributed by atoms with Crippen molar-refractivity contribution in [3.05, 3.63) is 87.6 Å². The summed E-state index contributed by atoms with van der Waals surface area (Å²) in [5.41, 5.74) is 2.50. The van der Waals surface area contributed by atoms with Gasteiger partial charge >= 0.3 is 0 Å². The predicted molar refractivity (Wildman–Crippen MR) is 149 cm³/mol. The van der Waals surface area contributed by atoms with Crippen molar-refractivity contribution >= 4 is 40.6 Å². The van der Waals surface area contributed by atoms with Gasteiger partial charge in [0, 0.05) is 80.3 Å². The molecule has 2 aliphatic rings. The van der Waals surface area contributed by atoms with Crippen LogP contribution in [-0.2, 0) is 11.3 Å². The van der Waals surface area contributed by atoms with Gasteiger partial charge in [-0.1, -0.05) is 35.9 Å². The number of ether oxygens (including phenoxy) is 1. The van der Waals surface area contributed by atoms with Crippen LogP contribution < -0.4 is 9.64 Å². The van der Waals surface area contributed by atoms with E-state index in [-0.39, 0.29) is 12.0 Å². The van der Waals surface area contributed by atoms with Gasteiger partial charge in [-0.2, -0.15) is 0 Å². The third-order valence-electron chi connectivity index (χ3n) is 6.86. The first-order valence-electron chi connectivity index (χ1n) is 12.6. The third kappa shape index (κ3) is 6.69. The molecule has 2 aromatic carbocycles. The number of hydrogen-bond acceptors (Lipinski definition) is 5. The van der Waals surface area contributed by atoms with Crippen LogP contribution in [0.1, 0.15) is 23.3 Å². The molecule has 0 radical (unpaired) electrons. The Balaban J connectivity index is 1.04. The zero-order chi connectivity index (χ0) is 24.7. The van der Waals surface area contributed by atoms with Gasteiger partial charge < -0.3 is 14.5 Å². The fourth-order valence-electron chi connectivity index (χ4n) is 4.80. The maximum Gasteiger partial charge on any atom is 0.246 e. The lowest BCUT2D eigenvalue weighted by atomic mass is 10.1. The molecule has 3 aromatic rings. The van der Waals surface area contributed by atoms with E-state index < -0.39 is 0 Å². The molecule has 0 atom stereocenters. The number of nitrogens with zero attached hydrogens (tertiary/aromatic N) is 3. The zero-order valence-electron chi connectivity index (χ0n) is 20.4. The molecule has 1 aromatic heterocycles. The number of rotatable bonds is 7. The molecule has 0 bridgehead atoms. The number of carbonyl (C=O) groups is 1. The number of halogens is 1. The van der Waals surface area contributed by atoms with E-state index in [1.807, 2.05) is 46.7 Å². The molecule has 5 nitrogen and oxygen atoms in total. The second-order valence-electron chi connectivity index (χ2n) is 9.38. The van der Waals surface area contributed by atoms with Crippen molar-refractivity contribution in [3.8, 4) is 5.75 Å². The highest BCUT2D eigenvalue weighted by Crippen LogP contribution is 2.23. The molecule has 7 heteroatoms. The maximum atomic E-state index is 12.5. The van der Waals surface area contributed by atoms with E-state index in [2.05, 4.69) is 40.1 Å². The first-order chi connectivity index (χ1) is 17.6. The van der Waals surface area contributed by atoms with Crippen LogP contribution in [0.25, 0.3) is 6.08 Å². The molecule has 3 heterocycles. The van der Waals surface area contributed by atoms with Gasteiger partial charge in [0.05, 0.1) is 0 Å². The number of piperazine rings is 1. The van der Waals surface area contributed by atoms with Crippen LogP contribution in [0.4, 0.5) is 5.69 Å². The molecule has 0 aliphatic carbocycles. The van der Waals surface area contributed by atoms with E-state index in [0.29, 0.717) is 0 Å². The Bertz CT molecular complexity index is 1150. The molecule has 2 aliphatic heterocycles. The fourth-order valence-corrected chi connectivity index (χ4v) is 5.60. The molecule has 0 spiro atoms. The highest BCUT2D eigenvalue weighted by molar-refractivity contribution is 7.10. The van der Waals surface area contributed by atoms with Gasteiger partial charge in [-0.15, -0.1) is 11.3 Å². The van der Waals surface area contributed by atoms with Crippen LogP contribution in [0.5, 0.6) is 5.75 Å². The Morgan fingerprint density at radius 2 is 1.75 bits per heavy atom. The smallest absolute Gasteiger partial charge is 0.246 e. The monoisotopic (exact) mass is 521 g/mol. The van der Waals surface area contributed by atoms with Crippen molar-refractivity contribution in [2.24, 2.45) is 0 Å². The molecular weight excluding hydrogens is 490 g/mol. The number of anilines is 1. The lowest BCUT2D eigenvalue weighted by molar-refractivity contribution is -0.127. The lowest BCUT2D eigenvalue weighted by Crippen LogP contribution is -2.45. The van der Waals surface area contributed by atoms with Crippen LogP contribution in [-0.4, -0.2) is 61.1 Å². The average molecular weight is 522 g/mol. The minimum absolute atomic E-state index is 0.0830. The number of likely N-dealkylation sites (tertiary alicyclic amines) is 1. The Morgan fingerprint density at radius 1 is 0.972 bits per heavy atom. The molecule has 36 heavy (non-hydrogen) atoms. The van der Waals surface area contributed by atoms with Crippen molar-refractivity contribution in [1.82, 2.24) is 9.80 Å². The molecule has 1 amide bonds. The van der Waals surface area contributed by atoms with Crippen molar-refractivity contribution in [2.45, 2.75) is 25.5 Å². The fraction of sp³-hybridized carbons (Fsp3) is 0.345. The Labute approximate surface area is 222 Å². The van der Waals surface area contributed by atoms with E-state index in [9.17, 15) is 4.79 Å². The Morgan fingerprint density at radius 3 is 2.44 bits per heavy atom. The largest absolute Gasteiger partial charge is 0.490 e. The summed E-state index contributed by atoms with van der Waals surface area (Å²) in [6, 6.07) is 20.6. The van der Waals surface area contributed by atoms with Crippen molar-refractivity contribution < 1.29 is 9.53 Å². The minimum atomic E-state index is 0.0830. The zero-order valence-corrected chi connectivity index (χ0v) is 22.0. The predicted octanol–water partition coefficient (Wildman–Crippen LogP) is 5.81. The van der Waals surface area contributed by atoms with Crippen LogP contribution in [0, 0.1) is 0 Å². The first-order valence-corrected chi connectivity index (χ1v) is 13.9. The molecule has 0 unspecified atom stereocenters. The molecule has 2 fully saturated rings. The van der Waals surface area contributed by atoms with E-state index >= 15 is 0 Å². The van der Waals surface area contributed by atoms with Gasteiger partial charge in [-0.3, -0.25) is 9.69 Å². The van der Waals surface area contributed by atoms with E-state index in [1.54, 1.807) is 17.4 Å². The summed E-state index contributed by atoms with van der Waals surface area (Å²) in [4.78, 5) is 20.4. The molecule has 188 valence electrons. The van der Waals surface area contributed by atoms with Crippen LogP contribution in [0.15, 0.2) is 72.1 Å². The lowest BCUT2D eigenvalue weighted by Gasteiger charge is -2.36. The summed E-state index contributed by atoms with van der Waals surface area (Å²) in [5, 5.41) is 2.81. The van der Waals surface area contributed by atoms with Gasteiger partial charge in [0.15, 0.2) is 0 Å². The van der Waals surface area contributed by atoms with Gasteiger partial charge in [0.2, 0.25) is 5.91 Å². The van der Waals surface area contributed by atoms with Gasteiger partial charge in [-0.05, 0) is 53.4 Å². The SMILES string of the molecule is O=C(/C=C/c1cccs1)N1CCC(Oc2ccc(CN3CCN(c4cccc(Cl)c4)CC3)cc2)CC1. The van der Waals surface area contributed by atoms with E-state index in [0.717, 1.165) is 74.3 Å². The number of amides is 1. The van der Waals surface area contributed by atoms with Crippen LogP contribution in [0.2, 0.25) is 5.02 Å². The van der Waals surface area contributed by atoms with Gasteiger partial charge in [0.1, 0.15) is 11.9 Å². The first kappa shape index (κ1) is 24.9. The number of thiophene rings is 1. The van der Waals surface area contributed by atoms with E-state index in [4.69, 9.17) is 16.3 Å². The Hall–Kier alpha value is -2.80. The second kappa shape index (κ2) is 12.0. The van der Waals surface area contributed by atoms with Crippen molar-refractivity contribution in [2.75, 3.05) is 44.2 Å². The summed E-state index contributed by atoms with van der Waals surface area (Å²) in [7, 11) is 0.